The van der Waals surface area contributed by atoms with Gasteiger partial charge in [-0.2, -0.15) is 0 Å². The molecule has 1 aliphatic heterocycles. The molecule has 1 aromatic heterocycles. The van der Waals surface area contributed by atoms with Crippen LogP contribution in [0.15, 0.2) is 65.2 Å². The van der Waals surface area contributed by atoms with Crippen LogP contribution in [0.25, 0.3) is 11.3 Å². The van der Waals surface area contributed by atoms with E-state index in [-0.39, 0.29) is 0 Å². The molecule has 2 aromatic carbocycles. The molecule has 0 amide bonds. The summed E-state index contributed by atoms with van der Waals surface area (Å²) in [5.41, 5.74) is 4.53. The summed E-state index contributed by atoms with van der Waals surface area (Å²) in [6.07, 6.45) is 2.35. The maximum Gasteiger partial charge on any atom is 0.138 e. The van der Waals surface area contributed by atoms with E-state index in [2.05, 4.69) is 58.3 Å². The van der Waals surface area contributed by atoms with Gasteiger partial charge in [-0.1, -0.05) is 65.8 Å². The molecule has 1 fully saturated rings. The van der Waals surface area contributed by atoms with Crippen molar-refractivity contribution in [3.8, 4) is 11.3 Å². The van der Waals surface area contributed by atoms with Crippen molar-refractivity contribution in [3.63, 3.8) is 0 Å². The summed E-state index contributed by atoms with van der Waals surface area (Å²) in [5.74, 6) is 0.886. The Bertz CT molecular complexity index is 829. The number of piperidine rings is 1. The molecule has 1 saturated heterocycles. The van der Waals surface area contributed by atoms with Gasteiger partial charge in [0.2, 0.25) is 0 Å². The first kappa shape index (κ1) is 17.0. The molecular weight excluding hydrogens is 322 g/mol. The van der Waals surface area contributed by atoms with Crippen LogP contribution in [-0.2, 0) is 6.54 Å². The number of hydrogen-bond donors (Lipinski definition) is 2. The van der Waals surface area contributed by atoms with E-state index >= 15 is 0 Å². The zero-order valence-electron chi connectivity index (χ0n) is 15.1. The molecule has 4 heteroatoms. The van der Waals surface area contributed by atoms with Crippen LogP contribution < -0.4 is 10.6 Å². The van der Waals surface area contributed by atoms with Crippen molar-refractivity contribution in [2.75, 3.05) is 6.54 Å². The second-order valence-corrected chi connectivity index (χ2v) is 6.90. The third-order valence-electron chi connectivity index (χ3n) is 5.19. The van der Waals surface area contributed by atoms with Gasteiger partial charge in [-0.05, 0) is 31.9 Å². The lowest BCUT2D eigenvalue weighted by molar-refractivity contribution is 0.304. The maximum atomic E-state index is 5.50. The lowest BCUT2D eigenvalue weighted by atomic mass is 9.92. The molecule has 4 nitrogen and oxygen atoms in total. The van der Waals surface area contributed by atoms with Crippen molar-refractivity contribution < 1.29 is 4.52 Å². The van der Waals surface area contributed by atoms with Crippen LogP contribution in [0.5, 0.6) is 0 Å². The Morgan fingerprint density at radius 2 is 1.81 bits per heavy atom. The zero-order chi connectivity index (χ0) is 17.8. The number of aryl methyl sites for hydroxylation is 1. The van der Waals surface area contributed by atoms with Crippen LogP contribution in [-0.4, -0.2) is 17.7 Å². The number of hydrogen-bond acceptors (Lipinski definition) is 4. The van der Waals surface area contributed by atoms with Crippen LogP contribution >= 0.6 is 0 Å². The van der Waals surface area contributed by atoms with Crippen molar-refractivity contribution in [2.24, 2.45) is 0 Å². The summed E-state index contributed by atoms with van der Waals surface area (Å²) in [4.78, 5) is 0. The fourth-order valence-electron chi connectivity index (χ4n) is 3.77. The first-order valence-electron chi connectivity index (χ1n) is 9.35. The monoisotopic (exact) mass is 347 g/mol. The molecule has 0 radical (unpaired) electrons. The molecule has 2 unspecified atom stereocenters. The minimum absolute atomic E-state index is 0.338. The largest absolute Gasteiger partial charge is 0.361 e. The summed E-state index contributed by atoms with van der Waals surface area (Å²) in [7, 11) is 0. The van der Waals surface area contributed by atoms with Gasteiger partial charge in [0.15, 0.2) is 0 Å². The maximum absolute atomic E-state index is 5.50. The number of aromatic nitrogens is 1. The number of rotatable bonds is 5. The predicted molar refractivity (Wildman–Crippen MR) is 104 cm³/mol. The Labute approximate surface area is 154 Å². The number of nitrogens with one attached hydrogen (secondary N) is 2. The normalized spacial score (nSPS) is 20.2. The summed E-state index contributed by atoms with van der Waals surface area (Å²) in [6.45, 7) is 3.82. The smallest absolute Gasteiger partial charge is 0.138 e. The topological polar surface area (TPSA) is 50.1 Å². The molecule has 2 heterocycles. The van der Waals surface area contributed by atoms with E-state index in [1.54, 1.807) is 0 Å². The van der Waals surface area contributed by atoms with Gasteiger partial charge in [-0.3, -0.25) is 0 Å². The molecule has 134 valence electrons. The lowest BCUT2D eigenvalue weighted by Gasteiger charge is -2.34. The van der Waals surface area contributed by atoms with E-state index in [0.29, 0.717) is 12.1 Å². The highest BCUT2D eigenvalue weighted by Crippen LogP contribution is 2.27. The van der Waals surface area contributed by atoms with Crippen LogP contribution in [0.4, 0.5) is 0 Å². The summed E-state index contributed by atoms with van der Waals surface area (Å²) < 4.78 is 5.50. The highest BCUT2D eigenvalue weighted by molar-refractivity contribution is 5.63. The van der Waals surface area contributed by atoms with Gasteiger partial charge in [0.25, 0.3) is 0 Å². The first-order chi connectivity index (χ1) is 12.8. The van der Waals surface area contributed by atoms with Gasteiger partial charge in [0.1, 0.15) is 11.5 Å². The van der Waals surface area contributed by atoms with E-state index in [1.807, 2.05) is 25.1 Å². The van der Waals surface area contributed by atoms with Crippen molar-refractivity contribution in [3.05, 3.63) is 77.6 Å². The Morgan fingerprint density at radius 1 is 1.08 bits per heavy atom. The third-order valence-corrected chi connectivity index (χ3v) is 5.19. The number of benzene rings is 2. The van der Waals surface area contributed by atoms with Gasteiger partial charge in [-0.15, -0.1) is 0 Å². The van der Waals surface area contributed by atoms with Crippen LogP contribution in [0.3, 0.4) is 0 Å². The van der Waals surface area contributed by atoms with Gasteiger partial charge in [0.05, 0.1) is 0 Å². The number of nitrogens with zero attached hydrogens (tertiary/aromatic N) is 1. The molecule has 0 bridgehead atoms. The van der Waals surface area contributed by atoms with Crippen molar-refractivity contribution >= 4 is 0 Å². The second-order valence-electron chi connectivity index (χ2n) is 6.90. The Hall–Kier alpha value is -2.43. The van der Waals surface area contributed by atoms with Crippen molar-refractivity contribution in [1.82, 2.24) is 15.8 Å². The summed E-state index contributed by atoms with van der Waals surface area (Å²) >= 11 is 0. The van der Waals surface area contributed by atoms with Gasteiger partial charge in [-0.25, -0.2) is 0 Å². The molecule has 0 aliphatic carbocycles. The quantitative estimate of drug-likeness (QED) is 0.725. The van der Waals surface area contributed by atoms with Gasteiger partial charge < -0.3 is 15.2 Å². The minimum Gasteiger partial charge on any atom is -0.361 e. The Kier molecular flexibility index (Phi) is 5.14. The molecule has 4 rings (SSSR count). The predicted octanol–water partition coefficient (Wildman–Crippen LogP) is 4.23. The standard InChI is InChI=1S/C22H25N3O/c1-16-19(21(25-26-16)17-9-4-2-5-10-17)15-24-20-13-8-14-23-22(20)18-11-6-3-7-12-18/h2-7,9-12,20,22-24H,8,13-15H2,1H3. The van der Waals surface area contributed by atoms with Crippen molar-refractivity contribution in [1.29, 1.82) is 0 Å². The van der Waals surface area contributed by atoms with E-state index in [4.69, 9.17) is 4.52 Å². The van der Waals surface area contributed by atoms with E-state index in [0.717, 1.165) is 42.1 Å². The molecule has 1 aliphatic rings. The SMILES string of the molecule is Cc1onc(-c2ccccc2)c1CNC1CCCNC1c1ccccc1. The van der Waals surface area contributed by atoms with E-state index < -0.39 is 0 Å². The fourth-order valence-corrected chi connectivity index (χ4v) is 3.77. The van der Waals surface area contributed by atoms with E-state index in [1.165, 1.54) is 12.0 Å². The molecule has 3 aromatic rings. The highest BCUT2D eigenvalue weighted by atomic mass is 16.5. The minimum atomic E-state index is 0.338. The molecule has 2 N–H and O–H groups in total. The average molecular weight is 347 g/mol. The first-order valence-corrected chi connectivity index (χ1v) is 9.35. The fraction of sp³-hybridized carbons (Fsp3) is 0.318. The van der Waals surface area contributed by atoms with Crippen LogP contribution in [0, 0.1) is 6.92 Å². The van der Waals surface area contributed by atoms with Gasteiger partial charge >= 0.3 is 0 Å². The molecular formula is C22H25N3O. The van der Waals surface area contributed by atoms with Crippen molar-refractivity contribution in [2.45, 2.75) is 38.4 Å². The molecule has 0 saturated carbocycles. The highest BCUT2D eigenvalue weighted by Gasteiger charge is 2.26. The second kappa shape index (κ2) is 7.85. The Morgan fingerprint density at radius 3 is 2.58 bits per heavy atom. The third kappa shape index (κ3) is 3.57. The molecule has 2 atom stereocenters. The summed E-state index contributed by atoms with van der Waals surface area (Å²) in [5, 5.41) is 11.7. The van der Waals surface area contributed by atoms with Gasteiger partial charge in [0, 0.05) is 29.8 Å². The van der Waals surface area contributed by atoms with Crippen LogP contribution in [0.2, 0.25) is 0 Å². The molecule has 0 spiro atoms. The van der Waals surface area contributed by atoms with E-state index in [9.17, 15) is 0 Å². The van der Waals surface area contributed by atoms with Crippen LogP contribution in [0.1, 0.15) is 35.8 Å². The molecule has 26 heavy (non-hydrogen) atoms. The zero-order valence-corrected chi connectivity index (χ0v) is 15.1. The average Bonchev–Trinajstić information content (AvgIpc) is 3.08. The summed E-state index contributed by atoms with van der Waals surface area (Å²) in [6, 6.07) is 21.7. The lowest BCUT2D eigenvalue weighted by Crippen LogP contribution is -2.45. The Balaban J connectivity index is 1.52.